The lowest BCUT2D eigenvalue weighted by atomic mass is 10.1. The molecule has 1 atom stereocenters. The van der Waals surface area contributed by atoms with Gasteiger partial charge in [-0.1, -0.05) is 30.3 Å². The summed E-state index contributed by atoms with van der Waals surface area (Å²) in [5.74, 6) is -0.684. The molecule has 0 saturated carbocycles. The van der Waals surface area contributed by atoms with Crippen LogP contribution in [-0.2, 0) is 28.9 Å². The Morgan fingerprint density at radius 3 is 2.63 bits per heavy atom. The van der Waals surface area contributed by atoms with Crippen LogP contribution in [0.3, 0.4) is 0 Å². The summed E-state index contributed by atoms with van der Waals surface area (Å²) in [4.78, 5) is 36.1. The SMILES string of the molecule is NC(=O)C(Cc1ccccc1)NC(=O)COc1ccc2c3c(c(=O)oc2c1)CCC3. The zero-order valence-corrected chi connectivity index (χ0v) is 16.4. The van der Waals surface area contributed by atoms with Gasteiger partial charge in [-0.3, -0.25) is 9.59 Å². The highest BCUT2D eigenvalue weighted by molar-refractivity contribution is 5.87. The number of nitrogens with two attached hydrogens (primary N) is 1. The number of nitrogens with one attached hydrogen (secondary N) is 1. The highest BCUT2D eigenvalue weighted by Crippen LogP contribution is 2.29. The molecule has 1 aromatic heterocycles. The van der Waals surface area contributed by atoms with Gasteiger partial charge in [0.05, 0.1) is 0 Å². The molecule has 30 heavy (non-hydrogen) atoms. The first-order valence-corrected chi connectivity index (χ1v) is 9.85. The van der Waals surface area contributed by atoms with Crippen molar-refractivity contribution in [2.24, 2.45) is 5.73 Å². The fourth-order valence-corrected chi connectivity index (χ4v) is 3.81. The van der Waals surface area contributed by atoms with Gasteiger partial charge in [-0.05, 0) is 42.5 Å². The maximum atomic E-state index is 12.3. The summed E-state index contributed by atoms with van der Waals surface area (Å²) in [5.41, 5.74) is 8.24. The van der Waals surface area contributed by atoms with E-state index in [1.54, 1.807) is 12.1 Å². The highest BCUT2D eigenvalue weighted by atomic mass is 16.5. The van der Waals surface area contributed by atoms with E-state index in [1.807, 2.05) is 36.4 Å². The number of hydrogen-bond acceptors (Lipinski definition) is 5. The molecule has 1 unspecified atom stereocenters. The molecule has 7 heteroatoms. The lowest BCUT2D eigenvalue weighted by molar-refractivity contribution is -0.128. The summed E-state index contributed by atoms with van der Waals surface area (Å²) in [6.07, 6.45) is 2.85. The summed E-state index contributed by atoms with van der Waals surface area (Å²) in [7, 11) is 0. The van der Waals surface area contributed by atoms with Crippen LogP contribution in [0.1, 0.15) is 23.1 Å². The Kier molecular flexibility index (Phi) is 5.52. The van der Waals surface area contributed by atoms with E-state index in [4.69, 9.17) is 14.9 Å². The van der Waals surface area contributed by atoms with Crippen LogP contribution in [0.4, 0.5) is 0 Å². The molecule has 0 fully saturated rings. The molecule has 2 aromatic carbocycles. The Balaban J connectivity index is 1.41. The minimum atomic E-state index is -0.833. The second kappa shape index (κ2) is 8.41. The molecule has 1 aliphatic rings. The minimum absolute atomic E-state index is 0.292. The van der Waals surface area contributed by atoms with Crippen LogP contribution >= 0.6 is 0 Å². The van der Waals surface area contributed by atoms with Crippen LogP contribution in [0.15, 0.2) is 57.7 Å². The second-order valence-electron chi connectivity index (χ2n) is 7.36. The van der Waals surface area contributed by atoms with Crippen molar-refractivity contribution in [2.75, 3.05) is 6.61 Å². The maximum Gasteiger partial charge on any atom is 0.339 e. The molecule has 0 bridgehead atoms. The monoisotopic (exact) mass is 406 g/mol. The van der Waals surface area contributed by atoms with Crippen molar-refractivity contribution in [3.05, 3.63) is 75.6 Å². The normalized spacial score (nSPS) is 13.6. The Morgan fingerprint density at radius 2 is 1.87 bits per heavy atom. The largest absolute Gasteiger partial charge is 0.484 e. The summed E-state index contributed by atoms with van der Waals surface area (Å²) in [6.45, 7) is -0.292. The smallest absolute Gasteiger partial charge is 0.339 e. The van der Waals surface area contributed by atoms with Gasteiger partial charge in [-0.15, -0.1) is 0 Å². The molecule has 3 aromatic rings. The van der Waals surface area contributed by atoms with Gasteiger partial charge >= 0.3 is 5.63 Å². The van der Waals surface area contributed by atoms with Gasteiger partial charge in [0, 0.05) is 23.4 Å². The van der Waals surface area contributed by atoms with Gasteiger partial charge in [-0.2, -0.15) is 0 Å². The molecule has 1 heterocycles. The lowest BCUT2D eigenvalue weighted by Crippen LogP contribution is -2.47. The average Bonchev–Trinajstić information content (AvgIpc) is 3.23. The van der Waals surface area contributed by atoms with Gasteiger partial charge in [0.15, 0.2) is 6.61 Å². The molecule has 2 amide bonds. The van der Waals surface area contributed by atoms with Crippen molar-refractivity contribution in [3.8, 4) is 5.75 Å². The molecular formula is C23H22N2O5. The highest BCUT2D eigenvalue weighted by Gasteiger charge is 2.21. The fraction of sp³-hybridized carbons (Fsp3) is 0.261. The topological polar surface area (TPSA) is 112 Å². The van der Waals surface area contributed by atoms with Crippen molar-refractivity contribution in [3.63, 3.8) is 0 Å². The number of primary amides is 1. The van der Waals surface area contributed by atoms with Crippen molar-refractivity contribution in [2.45, 2.75) is 31.7 Å². The van der Waals surface area contributed by atoms with Crippen LogP contribution in [0.5, 0.6) is 5.75 Å². The molecular weight excluding hydrogens is 384 g/mol. The number of aryl methyl sites for hydroxylation is 1. The zero-order chi connectivity index (χ0) is 21.1. The quantitative estimate of drug-likeness (QED) is 0.582. The first-order valence-electron chi connectivity index (χ1n) is 9.85. The van der Waals surface area contributed by atoms with E-state index in [9.17, 15) is 14.4 Å². The molecule has 0 spiro atoms. The number of carbonyl (C=O) groups excluding carboxylic acids is 2. The van der Waals surface area contributed by atoms with E-state index >= 15 is 0 Å². The average molecular weight is 406 g/mol. The summed E-state index contributed by atoms with van der Waals surface area (Å²) < 4.78 is 11.0. The summed E-state index contributed by atoms with van der Waals surface area (Å²) in [6, 6.07) is 13.7. The molecule has 7 nitrogen and oxygen atoms in total. The first kappa shape index (κ1) is 19.7. The van der Waals surface area contributed by atoms with Gasteiger partial charge < -0.3 is 20.2 Å². The molecule has 154 valence electrons. The van der Waals surface area contributed by atoms with Crippen LogP contribution in [-0.4, -0.2) is 24.5 Å². The van der Waals surface area contributed by atoms with Crippen molar-refractivity contribution < 1.29 is 18.7 Å². The molecule has 4 rings (SSSR count). The van der Waals surface area contributed by atoms with Crippen molar-refractivity contribution in [1.82, 2.24) is 5.32 Å². The Labute approximate surface area is 172 Å². The third kappa shape index (κ3) is 4.20. The third-order valence-corrected chi connectivity index (χ3v) is 5.28. The van der Waals surface area contributed by atoms with E-state index in [2.05, 4.69) is 5.32 Å². The Bertz CT molecular complexity index is 1150. The van der Waals surface area contributed by atoms with E-state index in [-0.39, 0.29) is 12.2 Å². The number of benzene rings is 2. The van der Waals surface area contributed by atoms with Crippen LogP contribution in [0, 0.1) is 0 Å². The summed E-state index contributed by atoms with van der Waals surface area (Å²) >= 11 is 0. The Morgan fingerprint density at radius 1 is 1.10 bits per heavy atom. The van der Waals surface area contributed by atoms with Crippen molar-refractivity contribution in [1.29, 1.82) is 0 Å². The van der Waals surface area contributed by atoms with E-state index in [1.165, 1.54) is 0 Å². The lowest BCUT2D eigenvalue weighted by Gasteiger charge is -2.16. The van der Waals surface area contributed by atoms with Crippen LogP contribution in [0.2, 0.25) is 0 Å². The molecule has 0 aliphatic heterocycles. The number of ether oxygens (including phenoxy) is 1. The predicted octanol–water partition coefficient (Wildman–Crippen LogP) is 1.87. The first-order chi connectivity index (χ1) is 14.5. The van der Waals surface area contributed by atoms with E-state index in [0.717, 1.165) is 41.3 Å². The number of amides is 2. The molecule has 3 N–H and O–H groups in total. The van der Waals surface area contributed by atoms with Gasteiger partial charge in [0.1, 0.15) is 17.4 Å². The number of hydrogen-bond donors (Lipinski definition) is 2. The number of rotatable bonds is 7. The third-order valence-electron chi connectivity index (χ3n) is 5.28. The zero-order valence-electron chi connectivity index (χ0n) is 16.4. The van der Waals surface area contributed by atoms with E-state index < -0.39 is 17.9 Å². The van der Waals surface area contributed by atoms with Gasteiger partial charge in [0.25, 0.3) is 5.91 Å². The Hall–Kier alpha value is -3.61. The standard InChI is InChI=1S/C23H22N2O5/c24-22(27)19(11-14-5-2-1-3-6-14)25-21(26)13-29-15-9-10-17-16-7-4-8-18(16)23(28)30-20(17)12-15/h1-3,5-6,9-10,12,19H,4,7-8,11,13H2,(H2,24,27)(H,25,26). The van der Waals surface area contributed by atoms with E-state index in [0.29, 0.717) is 17.8 Å². The summed E-state index contributed by atoms with van der Waals surface area (Å²) in [5, 5.41) is 3.50. The fourth-order valence-electron chi connectivity index (χ4n) is 3.81. The number of fused-ring (bicyclic) bond motifs is 3. The molecule has 0 radical (unpaired) electrons. The van der Waals surface area contributed by atoms with Crippen molar-refractivity contribution >= 4 is 22.8 Å². The minimum Gasteiger partial charge on any atom is -0.484 e. The van der Waals surface area contributed by atoms with Crippen LogP contribution < -0.4 is 21.4 Å². The molecule has 0 saturated heterocycles. The molecule has 1 aliphatic carbocycles. The van der Waals surface area contributed by atoms with Crippen LogP contribution in [0.25, 0.3) is 11.0 Å². The van der Waals surface area contributed by atoms with Gasteiger partial charge in [0.2, 0.25) is 5.91 Å². The number of carbonyl (C=O) groups is 2. The maximum absolute atomic E-state index is 12.3. The second-order valence-corrected chi connectivity index (χ2v) is 7.36. The van der Waals surface area contributed by atoms with Gasteiger partial charge in [-0.25, -0.2) is 4.79 Å². The predicted molar refractivity (Wildman–Crippen MR) is 111 cm³/mol.